The number of ether oxygens (including phenoxy) is 4. The lowest BCUT2D eigenvalue weighted by Gasteiger charge is -2.13. The van der Waals surface area contributed by atoms with Gasteiger partial charge in [-0.25, -0.2) is 4.99 Å². The van der Waals surface area contributed by atoms with E-state index in [2.05, 4.69) is 15.3 Å². The van der Waals surface area contributed by atoms with Gasteiger partial charge < -0.3 is 33.8 Å². The molecule has 0 saturated heterocycles. The Morgan fingerprint density at radius 2 is 1.76 bits per heavy atom. The van der Waals surface area contributed by atoms with Crippen LogP contribution >= 0.6 is 11.6 Å². The minimum absolute atomic E-state index is 0.0259. The van der Waals surface area contributed by atoms with E-state index < -0.39 is 5.91 Å². The summed E-state index contributed by atoms with van der Waals surface area (Å²) in [6.07, 6.45) is 1.53. The molecule has 0 aliphatic rings. The molecule has 11 heteroatoms. The predicted molar refractivity (Wildman–Crippen MR) is 142 cm³/mol. The van der Waals surface area contributed by atoms with Crippen LogP contribution < -0.4 is 29.8 Å². The van der Waals surface area contributed by atoms with Crippen LogP contribution in [-0.2, 0) is 6.61 Å². The van der Waals surface area contributed by atoms with Crippen LogP contribution in [0.4, 0.5) is 11.4 Å². The van der Waals surface area contributed by atoms with Crippen LogP contribution in [0.1, 0.15) is 21.6 Å². The molecule has 2 aromatic carbocycles. The Bertz CT molecular complexity index is 1580. The maximum Gasteiger partial charge on any atom is 0.261 e. The first-order valence-corrected chi connectivity index (χ1v) is 11.7. The van der Waals surface area contributed by atoms with Gasteiger partial charge in [-0.1, -0.05) is 11.6 Å². The normalized spacial score (nSPS) is 11.4. The summed E-state index contributed by atoms with van der Waals surface area (Å²) >= 11 is 6.34. The van der Waals surface area contributed by atoms with Crippen LogP contribution in [0.2, 0.25) is 5.02 Å². The standard InChI is InChI=1S/C27H26ClN3O7/c1-14-25-17(15(13-32)12-29-14)9-18(26(33)30-20-7-6-16(34-2)8-23(20)36-4)27(38-25)31-21-10-19(28)22(35-3)11-24(21)37-5/h6-12,32H,13H2,1-5H3,(H,30,33). The summed E-state index contributed by atoms with van der Waals surface area (Å²) in [5, 5.41) is 13.5. The van der Waals surface area contributed by atoms with Crippen LogP contribution in [-0.4, -0.2) is 44.4 Å². The fourth-order valence-electron chi connectivity index (χ4n) is 3.79. The van der Waals surface area contributed by atoms with Crippen molar-refractivity contribution in [1.82, 2.24) is 4.98 Å². The van der Waals surface area contributed by atoms with E-state index >= 15 is 0 Å². The van der Waals surface area contributed by atoms with Gasteiger partial charge in [0.2, 0.25) is 5.55 Å². The van der Waals surface area contributed by atoms with Crippen molar-refractivity contribution in [3.8, 4) is 23.0 Å². The van der Waals surface area contributed by atoms with E-state index in [1.807, 2.05) is 0 Å². The first kappa shape index (κ1) is 26.8. The molecule has 4 rings (SSSR count). The number of fused-ring (bicyclic) bond motifs is 1. The number of aromatic nitrogens is 1. The number of pyridine rings is 1. The Kier molecular flexibility index (Phi) is 8.04. The van der Waals surface area contributed by atoms with E-state index in [0.717, 1.165) is 0 Å². The Balaban J connectivity index is 1.95. The average Bonchev–Trinajstić information content (AvgIpc) is 2.93. The lowest BCUT2D eigenvalue weighted by atomic mass is 10.1. The molecular formula is C27H26ClN3O7. The summed E-state index contributed by atoms with van der Waals surface area (Å²) in [5.41, 5.74) is 2.18. The Hall–Kier alpha value is -4.28. The number of anilines is 1. The minimum Gasteiger partial charge on any atom is -0.497 e. The highest BCUT2D eigenvalue weighted by Crippen LogP contribution is 2.37. The SMILES string of the molecule is COc1ccc(NC(=O)c2cc3c(CO)cnc(C)c3oc2=Nc2cc(Cl)c(OC)cc2OC)c(OC)c1. The molecule has 2 heterocycles. The summed E-state index contributed by atoms with van der Waals surface area (Å²) in [6, 6.07) is 9.72. The largest absolute Gasteiger partial charge is 0.497 e. The van der Waals surface area contributed by atoms with Crippen LogP contribution in [0.3, 0.4) is 0 Å². The topological polar surface area (TPSA) is 125 Å². The molecule has 0 radical (unpaired) electrons. The van der Waals surface area contributed by atoms with Gasteiger partial charge in [0.1, 0.15) is 34.2 Å². The number of nitrogens with one attached hydrogen (secondary N) is 1. The number of carbonyl (C=O) groups is 1. The van der Waals surface area contributed by atoms with Gasteiger partial charge in [0.15, 0.2) is 5.58 Å². The van der Waals surface area contributed by atoms with Crippen molar-refractivity contribution in [3.63, 3.8) is 0 Å². The molecule has 0 aliphatic heterocycles. The average molecular weight is 540 g/mol. The summed E-state index contributed by atoms with van der Waals surface area (Å²) in [6.45, 7) is 1.45. The van der Waals surface area contributed by atoms with Crippen LogP contribution in [0.5, 0.6) is 23.0 Å². The molecule has 0 fully saturated rings. The molecule has 38 heavy (non-hydrogen) atoms. The Morgan fingerprint density at radius 1 is 1.03 bits per heavy atom. The van der Waals surface area contributed by atoms with Gasteiger partial charge in [0, 0.05) is 29.3 Å². The number of hydrogen-bond acceptors (Lipinski definition) is 9. The second-order valence-corrected chi connectivity index (χ2v) is 8.43. The minimum atomic E-state index is -0.533. The summed E-state index contributed by atoms with van der Waals surface area (Å²) in [5.74, 6) is 1.18. The molecule has 198 valence electrons. The lowest BCUT2D eigenvalue weighted by molar-refractivity contribution is 0.102. The number of rotatable bonds is 8. The van der Waals surface area contributed by atoms with Crippen molar-refractivity contribution in [3.05, 3.63) is 70.0 Å². The summed E-state index contributed by atoms with van der Waals surface area (Å²) in [4.78, 5) is 22.5. The van der Waals surface area contributed by atoms with Crippen molar-refractivity contribution in [2.45, 2.75) is 13.5 Å². The van der Waals surface area contributed by atoms with Crippen molar-refractivity contribution in [2.75, 3.05) is 33.8 Å². The number of aliphatic hydroxyl groups excluding tert-OH is 1. The molecular weight excluding hydrogens is 514 g/mol. The number of hydrogen-bond donors (Lipinski definition) is 2. The maximum atomic E-state index is 13.6. The van der Waals surface area contributed by atoms with E-state index in [9.17, 15) is 9.90 Å². The van der Waals surface area contributed by atoms with E-state index in [-0.39, 0.29) is 17.7 Å². The molecule has 0 unspecified atom stereocenters. The van der Waals surface area contributed by atoms with E-state index in [4.69, 9.17) is 35.0 Å². The van der Waals surface area contributed by atoms with Gasteiger partial charge in [-0.15, -0.1) is 0 Å². The van der Waals surface area contributed by atoms with Crippen LogP contribution in [0.15, 0.2) is 52.0 Å². The number of carbonyl (C=O) groups excluding carboxylic acids is 1. The van der Waals surface area contributed by atoms with Crippen LogP contribution in [0, 0.1) is 6.92 Å². The molecule has 1 amide bonds. The van der Waals surface area contributed by atoms with E-state index in [1.165, 1.54) is 34.6 Å². The number of methoxy groups -OCH3 is 4. The third-order valence-corrected chi connectivity index (χ3v) is 6.09. The first-order chi connectivity index (χ1) is 18.3. The van der Waals surface area contributed by atoms with Gasteiger partial charge in [-0.3, -0.25) is 9.78 Å². The molecule has 4 aromatic rings. The molecule has 2 aromatic heterocycles. The zero-order chi connectivity index (χ0) is 27.4. The second-order valence-electron chi connectivity index (χ2n) is 8.03. The van der Waals surface area contributed by atoms with E-state index in [1.54, 1.807) is 43.3 Å². The van der Waals surface area contributed by atoms with Gasteiger partial charge in [-0.05, 0) is 31.2 Å². The van der Waals surface area contributed by atoms with Crippen molar-refractivity contribution in [1.29, 1.82) is 0 Å². The maximum absolute atomic E-state index is 13.6. The molecule has 0 aliphatic carbocycles. The van der Waals surface area contributed by atoms with Gasteiger partial charge in [-0.2, -0.15) is 0 Å². The van der Waals surface area contributed by atoms with Crippen molar-refractivity contribution in [2.24, 2.45) is 4.99 Å². The van der Waals surface area contributed by atoms with E-state index in [0.29, 0.717) is 61.6 Å². The van der Waals surface area contributed by atoms with Gasteiger partial charge >= 0.3 is 0 Å². The lowest BCUT2D eigenvalue weighted by Crippen LogP contribution is -2.22. The summed E-state index contributed by atoms with van der Waals surface area (Å²) < 4.78 is 27.5. The predicted octanol–water partition coefficient (Wildman–Crippen LogP) is 4.80. The number of halogens is 1. The first-order valence-electron chi connectivity index (χ1n) is 11.4. The molecule has 0 bridgehead atoms. The highest BCUT2D eigenvalue weighted by molar-refractivity contribution is 6.32. The van der Waals surface area contributed by atoms with Crippen LogP contribution in [0.25, 0.3) is 11.0 Å². The zero-order valence-corrected chi connectivity index (χ0v) is 22.2. The fraction of sp³-hybridized carbons (Fsp3) is 0.222. The number of aryl methyl sites for hydroxylation is 1. The number of aliphatic hydroxyl groups is 1. The summed E-state index contributed by atoms with van der Waals surface area (Å²) in [7, 11) is 5.98. The zero-order valence-electron chi connectivity index (χ0n) is 21.4. The number of nitrogens with zero attached hydrogens (tertiary/aromatic N) is 2. The third-order valence-electron chi connectivity index (χ3n) is 5.80. The quantitative estimate of drug-likeness (QED) is 0.327. The monoisotopic (exact) mass is 539 g/mol. The smallest absolute Gasteiger partial charge is 0.261 e. The Labute approximate surface area is 223 Å². The highest BCUT2D eigenvalue weighted by Gasteiger charge is 2.19. The molecule has 0 spiro atoms. The number of amides is 1. The second kappa shape index (κ2) is 11.4. The Morgan fingerprint density at radius 3 is 2.42 bits per heavy atom. The molecule has 0 saturated carbocycles. The fourth-order valence-corrected chi connectivity index (χ4v) is 4.03. The third kappa shape index (κ3) is 5.22. The molecule has 10 nitrogen and oxygen atoms in total. The number of benzene rings is 2. The molecule has 2 N–H and O–H groups in total. The van der Waals surface area contributed by atoms with Crippen molar-refractivity contribution >= 4 is 39.9 Å². The highest BCUT2D eigenvalue weighted by atomic mass is 35.5. The van der Waals surface area contributed by atoms with Crippen molar-refractivity contribution < 1.29 is 33.3 Å². The van der Waals surface area contributed by atoms with Gasteiger partial charge in [0.05, 0.1) is 51.5 Å². The van der Waals surface area contributed by atoms with Gasteiger partial charge in [0.25, 0.3) is 5.91 Å². The molecule has 0 atom stereocenters.